The summed E-state index contributed by atoms with van der Waals surface area (Å²) in [5.41, 5.74) is 0.418. The van der Waals surface area contributed by atoms with Gasteiger partial charge in [0.25, 0.3) is 5.91 Å². The zero-order valence-corrected chi connectivity index (χ0v) is 13.2. The fourth-order valence-corrected chi connectivity index (χ4v) is 2.34. The number of benzene rings is 1. The Kier molecular flexibility index (Phi) is 5.87. The highest BCUT2D eigenvalue weighted by molar-refractivity contribution is 7.12. The van der Waals surface area contributed by atoms with Gasteiger partial charge in [-0.2, -0.15) is 0 Å². The third-order valence-electron chi connectivity index (χ3n) is 2.91. The molecule has 1 aromatic heterocycles. The van der Waals surface area contributed by atoms with Gasteiger partial charge in [-0.3, -0.25) is 14.4 Å². The summed E-state index contributed by atoms with van der Waals surface area (Å²) in [6.07, 6.45) is 0. The SMILES string of the molecule is COc1ccc(C(=O)COC(=O)CNC(=O)c2cccs2)cc1. The van der Waals surface area contributed by atoms with Gasteiger partial charge in [0, 0.05) is 5.56 Å². The van der Waals surface area contributed by atoms with Crippen molar-refractivity contribution in [1.29, 1.82) is 0 Å². The van der Waals surface area contributed by atoms with Crippen LogP contribution in [0.2, 0.25) is 0 Å². The molecule has 2 rings (SSSR count). The second-order valence-corrected chi connectivity index (χ2v) is 5.42. The monoisotopic (exact) mass is 333 g/mol. The first-order valence-electron chi connectivity index (χ1n) is 6.74. The molecule has 1 amide bonds. The van der Waals surface area contributed by atoms with Crippen LogP contribution in [0.4, 0.5) is 0 Å². The Morgan fingerprint density at radius 2 is 1.87 bits per heavy atom. The number of hydrogen-bond acceptors (Lipinski definition) is 6. The molecule has 0 aliphatic heterocycles. The number of Topliss-reactive ketones (excluding diaryl/α,β-unsaturated/α-hetero) is 1. The Labute approximate surface area is 137 Å². The van der Waals surface area contributed by atoms with Crippen LogP contribution in [0.15, 0.2) is 41.8 Å². The van der Waals surface area contributed by atoms with Crippen LogP contribution in [-0.2, 0) is 9.53 Å². The number of esters is 1. The highest BCUT2D eigenvalue weighted by atomic mass is 32.1. The maximum atomic E-state index is 11.9. The topological polar surface area (TPSA) is 81.7 Å². The van der Waals surface area contributed by atoms with Gasteiger partial charge in [0.05, 0.1) is 12.0 Å². The molecule has 0 fully saturated rings. The van der Waals surface area contributed by atoms with Gasteiger partial charge in [0.1, 0.15) is 12.3 Å². The van der Waals surface area contributed by atoms with Crippen LogP contribution in [0.1, 0.15) is 20.0 Å². The smallest absolute Gasteiger partial charge is 0.325 e. The first kappa shape index (κ1) is 16.7. The maximum Gasteiger partial charge on any atom is 0.325 e. The van der Waals surface area contributed by atoms with Gasteiger partial charge in [-0.05, 0) is 35.7 Å². The quantitative estimate of drug-likeness (QED) is 0.618. The molecule has 6 nitrogen and oxygen atoms in total. The number of methoxy groups -OCH3 is 1. The van der Waals surface area contributed by atoms with Gasteiger partial charge in [0.15, 0.2) is 12.4 Å². The molecule has 0 saturated heterocycles. The van der Waals surface area contributed by atoms with E-state index in [-0.39, 0.29) is 24.8 Å². The first-order valence-corrected chi connectivity index (χ1v) is 7.62. The highest BCUT2D eigenvalue weighted by Crippen LogP contribution is 2.11. The van der Waals surface area contributed by atoms with E-state index in [1.807, 2.05) is 0 Å². The summed E-state index contributed by atoms with van der Waals surface area (Å²) in [6.45, 7) is -0.660. The summed E-state index contributed by atoms with van der Waals surface area (Å²) in [5.74, 6) is -0.712. The molecule has 7 heteroatoms. The molecule has 120 valence electrons. The zero-order chi connectivity index (χ0) is 16.7. The van der Waals surface area contributed by atoms with Crippen LogP contribution in [0, 0.1) is 0 Å². The Bertz CT molecular complexity index is 679. The van der Waals surface area contributed by atoms with Crippen molar-refractivity contribution in [3.63, 3.8) is 0 Å². The average Bonchev–Trinajstić information content (AvgIpc) is 3.12. The zero-order valence-electron chi connectivity index (χ0n) is 12.4. The number of carbonyl (C=O) groups is 3. The van der Waals surface area contributed by atoms with E-state index in [1.54, 1.807) is 41.8 Å². The van der Waals surface area contributed by atoms with Gasteiger partial charge in [-0.1, -0.05) is 6.07 Å². The number of ketones is 1. The maximum absolute atomic E-state index is 11.9. The molecule has 0 spiro atoms. The number of hydrogen-bond donors (Lipinski definition) is 1. The van der Waals surface area contributed by atoms with Crippen molar-refractivity contribution in [2.24, 2.45) is 0 Å². The molecule has 1 N–H and O–H groups in total. The van der Waals surface area contributed by atoms with Crippen LogP contribution in [0.3, 0.4) is 0 Å². The minimum atomic E-state index is -0.670. The summed E-state index contributed by atoms with van der Waals surface area (Å²) >= 11 is 1.27. The summed E-state index contributed by atoms with van der Waals surface area (Å²) in [4.78, 5) is 35.6. The van der Waals surface area contributed by atoms with E-state index in [0.717, 1.165) is 0 Å². The van der Waals surface area contributed by atoms with Crippen molar-refractivity contribution in [3.8, 4) is 5.75 Å². The normalized spacial score (nSPS) is 9.96. The molecule has 23 heavy (non-hydrogen) atoms. The van der Waals surface area contributed by atoms with E-state index in [0.29, 0.717) is 16.2 Å². The standard InChI is InChI=1S/C16H15NO5S/c1-21-12-6-4-11(5-7-12)13(18)10-22-15(19)9-17-16(20)14-3-2-8-23-14/h2-8H,9-10H2,1H3,(H,17,20). The number of nitrogens with one attached hydrogen (secondary N) is 1. The predicted molar refractivity (Wildman–Crippen MR) is 84.9 cm³/mol. The van der Waals surface area contributed by atoms with Gasteiger partial charge < -0.3 is 14.8 Å². The molecular weight excluding hydrogens is 318 g/mol. The van der Waals surface area contributed by atoms with E-state index in [1.165, 1.54) is 18.4 Å². The van der Waals surface area contributed by atoms with Gasteiger partial charge in [-0.15, -0.1) is 11.3 Å². The number of rotatable bonds is 7. The minimum Gasteiger partial charge on any atom is -0.497 e. The fourth-order valence-electron chi connectivity index (χ4n) is 1.70. The van der Waals surface area contributed by atoms with Crippen molar-refractivity contribution < 1.29 is 23.9 Å². The molecule has 0 radical (unpaired) electrons. The second kappa shape index (κ2) is 8.09. The number of thiophene rings is 1. The van der Waals surface area contributed by atoms with Crippen molar-refractivity contribution in [2.75, 3.05) is 20.3 Å². The predicted octanol–water partition coefficient (Wildman–Crippen LogP) is 1.91. The van der Waals surface area contributed by atoms with Crippen molar-refractivity contribution in [2.45, 2.75) is 0 Å². The van der Waals surface area contributed by atoms with E-state index >= 15 is 0 Å². The van der Waals surface area contributed by atoms with E-state index in [9.17, 15) is 14.4 Å². The largest absolute Gasteiger partial charge is 0.497 e. The highest BCUT2D eigenvalue weighted by Gasteiger charge is 2.12. The first-order chi connectivity index (χ1) is 11.1. The molecule has 2 aromatic rings. The molecule has 1 aromatic carbocycles. The molecule has 0 unspecified atom stereocenters. The lowest BCUT2D eigenvalue weighted by Crippen LogP contribution is -2.31. The summed E-state index contributed by atoms with van der Waals surface area (Å²) < 4.78 is 9.85. The van der Waals surface area contributed by atoms with E-state index in [2.05, 4.69) is 5.32 Å². The summed E-state index contributed by atoms with van der Waals surface area (Å²) in [7, 11) is 1.53. The third kappa shape index (κ3) is 4.93. The molecule has 0 atom stereocenters. The average molecular weight is 333 g/mol. The van der Waals surface area contributed by atoms with Crippen LogP contribution in [0.5, 0.6) is 5.75 Å². The van der Waals surface area contributed by atoms with Crippen LogP contribution in [-0.4, -0.2) is 37.9 Å². The minimum absolute atomic E-state index is 0.285. The Balaban J connectivity index is 1.75. The van der Waals surface area contributed by atoms with E-state index in [4.69, 9.17) is 9.47 Å². The summed E-state index contributed by atoms with van der Waals surface area (Å²) in [5, 5.41) is 4.20. The van der Waals surface area contributed by atoms with Gasteiger partial charge >= 0.3 is 5.97 Å². The Morgan fingerprint density at radius 1 is 1.13 bits per heavy atom. The van der Waals surface area contributed by atoms with Crippen LogP contribution in [0.25, 0.3) is 0 Å². The van der Waals surface area contributed by atoms with Gasteiger partial charge in [0.2, 0.25) is 0 Å². The second-order valence-electron chi connectivity index (χ2n) is 4.47. The number of carbonyl (C=O) groups excluding carboxylic acids is 3. The fraction of sp³-hybridized carbons (Fsp3) is 0.188. The Hall–Kier alpha value is -2.67. The molecule has 1 heterocycles. The van der Waals surface area contributed by atoms with E-state index < -0.39 is 5.97 Å². The molecule has 0 aliphatic carbocycles. The lowest BCUT2D eigenvalue weighted by molar-refractivity contribution is -0.141. The number of ether oxygens (including phenoxy) is 2. The van der Waals surface area contributed by atoms with Crippen molar-refractivity contribution in [3.05, 3.63) is 52.2 Å². The number of amides is 1. The lowest BCUT2D eigenvalue weighted by Gasteiger charge is -2.06. The van der Waals surface area contributed by atoms with Crippen LogP contribution < -0.4 is 10.1 Å². The van der Waals surface area contributed by atoms with Crippen molar-refractivity contribution >= 4 is 29.0 Å². The Morgan fingerprint density at radius 3 is 2.48 bits per heavy atom. The molecule has 0 aliphatic rings. The van der Waals surface area contributed by atoms with Crippen LogP contribution >= 0.6 is 11.3 Å². The van der Waals surface area contributed by atoms with Crippen molar-refractivity contribution in [1.82, 2.24) is 5.32 Å². The molecular formula is C16H15NO5S. The molecule has 0 bridgehead atoms. The lowest BCUT2D eigenvalue weighted by atomic mass is 10.1. The third-order valence-corrected chi connectivity index (χ3v) is 3.78. The summed E-state index contributed by atoms with van der Waals surface area (Å²) in [6, 6.07) is 9.87. The van der Waals surface area contributed by atoms with Gasteiger partial charge in [-0.25, -0.2) is 0 Å². The molecule has 0 saturated carbocycles.